The van der Waals surface area contributed by atoms with Gasteiger partial charge in [-0.15, -0.1) is 0 Å². The Morgan fingerprint density at radius 2 is 2.17 bits per heavy atom. The van der Waals surface area contributed by atoms with Crippen molar-refractivity contribution >= 4 is 11.5 Å². The summed E-state index contributed by atoms with van der Waals surface area (Å²) in [5.41, 5.74) is 6.79. The Morgan fingerprint density at radius 1 is 1.50 bits per heavy atom. The van der Waals surface area contributed by atoms with Crippen LogP contribution in [0, 0.1) is 17.2 Å². The standard InChI is InChI=1S/C13H21N5/c1-9(2)11(8-18(3)4)17-13-12(15)10(7-14)5-6-16-13/h5-6,9,11H,8,15H2,1-4H3,(H,16,17). The molecule has 1 rings (SSSR count). The highest BCUT2D eigenvalue weighted by molar-refractivity contribution is 5.69. The third-order valence-electron chi connectivity index (χ3n) is 2.80. The number of hydrogen-bond acceptors (Lipinski definition) is 5. The maximum Gasteiger partial charge on any atom is 0.150 e. The van der Waals surface area contributed by atoms with Gasteiger partial charge >= 0.3 is 0 Å². The number of rotatable bonds is 5. The molecule has 1 heterocycles. The van der Waals surface area contributed by atoms with Crippen LogP contribution in [0.5, 0.6) is 0 Å². The second-order valence-electron chi connectivity index (χ2n) is 4.99. The third-order valence-corrected chi connectivity index (χ3v) is 2.80. The molecule has 5 nitrogen and oxygen atoms in total. The zero-order chi connectivity index (χ0) is 13.7. The minimum Gasteiger partial charge on any atom is -0.395 e. The van der Waals surface area contributed by atoms with E-state index in [0.29, 0.717) is 23.0 Å². The summed E-state index contributed by atoms with van der Waals surface area (Å²) < 4.78 is 0. The van der Waals surface area contributed by atoms with Crippen molar-refractivity contribution in [1.82, 2.24) is 9.88 Å². The van der Waals surface area contributed by atoms with Gasteiger partial charge in [0, 0.05) is 18.8 Å². The number of nitrogens with zero attached hydrogens (tertiary/aromatic N) is 3. The minimum absolute atomic E-state index is 0.240. The predicted octanol–water partition coefficient (Wildman–Crippen LogP) is 1.53. The number of anilines is 2. The van der Waals surface area contributed by atoms with Crippen molar-refractivity contribution in [3.63, 3.8) is 0 Å². The SMILES string of the molecule is CC(C)C(CN(C)C)Nc1nccc(C#N)c1N. The summed E-state index contributed by atoms with van der Waals surface area (Å²) in [6.07, 6.45) is 1.60. The third kappa shape index (κ3) is 3.60. The highest BCUT2D eigenvalue weighted by Crippen LogP contribution is 2.21. The highest BCUT2D eigenvalue weighted by atomic mass is 15.1. The molecule has 0 aromatic carbocycles. The van der Waals surface area contributed by atoms with Crippen molar-refractivity contribution in [2.24, 2.45) is 5.92 Å². The van der Waals surface area contributed by atoms with E-state index in [0.717, 1.165) is 6.54 Å². The van der Waals surface area contributed by atoms with Crippen LogP contribution in [-0.2, 0) is 0 Å². The van der Waals surface area contributed by atoms with Crippen LogP contribution >= 0.6 is 0 Å². The summed E-state index contributed by atoms with van der Waals surface area (Å²) in [6, 6.07) is 3.92. The van der Waals surface area contributed by atoms with E-state index in [2.05, 4.69) is 35.1 Å². The smallest absolute Gasteiger partial charge is 0.150 e. The number of likely N-dealkylation sites (N-methyl/N-ethyl adjacent to an activating group) is 1. The van der Waals surface area contributed by atoms with Gasteiger partial charge in [-0.2, -0.15) is 5.26 Å². The Balaban J connectivity index is 2.91. The van der Waals surface area contributed by atoms with E-state index in [9.17, 15) is 0 Å². The zero-order valence-electron chi connectivity index (χ0n) is 11.4. The van der Waals surface area contributed by atoms with Crippen LogP contribution in [0.3, 0.4) is 0 Å². The molecule has 18 heavy (non-hydrogen) atoms. The summed E-state index contributed by atoms with van der Waals surface area (Å²) in [5.74, 6) is 1.04. The lowest BCUT2D eigenvalue weighted by molar-refractivity contribution is 0.344. The van der Waals surface area contributed by atoms with Gasteiger partial charge in [0.2, 0.25) is 0 Å². The van der Waals surface area contributed by atoms with E-state index < -0.39 is 0 Å². The molecule has 1 aromatic rings. The number of nitriles is 1. The van der Waals surface area contributed by atoms with Gasteiger partial charge in [0.05, 0.1) is 11.3 Å². The molecule has 0 aliphatic rings. The highest BCUT2D eigenvalue weighted by Gasteiger charge is 2.16. The maximum atomic E-state index is 8.94. The number of nitrogens with one attached hydrogen (secondary N) is 1. The number of hydrogen-bond donors (Lipinski definition) is 2. The molecule has 0 bridgehead atoms. The van der Waals surface area contributed by atoms with Gasteiger partial charge in [0.25, 0.3) is 0 Å². The van der Waals surface area contributed by atoms with Crippen LogP contribution in [0.2, 0.25) is 0 Å². The first kappa shape index (κ1) is 14.3. The molecular formula is C13H21N5. The molecule has 0 radical (unpaired) electrons. The number of nitrogen functional groups attached to an aromatic ring is 1. The molecule has 3 N–H and O–H groups in total. The first-order chi connectivity index (χ1) is 8.45. The predicted molar refractivity (Wildman–Crippen MR) is 74.2 cm³/mol. The van der Waals surface area contributed by atoms with Crippen molar-refractivity contribution in [3.05, 3.63) is 17.8 Å². The number of nitrogens with two attached hydrogens (primary N) is 1. The van der Waals surface area contributed by atoms with Gasteiger partial charge in [-0.1, -0.05) is 13.8 Å². The molecule has 0 aliphatic heterocycles. The molecule has 5 heteroatoms. The molecule has 1 atom stereocenters. The monoisotopic (exact) mass is 247 g/mol. The molecular weight excluding hydrogens is 226 g/mol. The minimum atomic E-state index is 0.240. The van der Waals surface area contributed by atoms with Crippen LogP contribution in [0.15, 0.2) is 12.3 Å². The first-order valence-electron chi connectivity index (χ1n) is 6.01. The molecule has 98 valence electrons. The lowest BCUT2D eigenvalue weighted by Gasteiger charge is -2.26. The molecule has 0 saturated heterocycles. The largest absolute Gasteiger partial charge is 0.395 e. The van der Waals surface area contributed by atoms with Gasteiger partial charge in [0.15, 0.2) is 5.82 Å². The maximum absolute atomic E-state index is 8.94. The lowest BCUT2D eigenvalue weighted by atomic mass is 10.0. The van der Waals surface area contributed by atoms with Crippen LogP contribution in [0.4, 0.5) is 11.5 Å². The molecule has 1 unspecified atom stereocenters. The molecule has 0 amide bonds. The fraction of sp³-hybridized carbons (Fsp3) is 0.538. The van der Waals surface area contributed by atoms with E-state index in [1.165, 1.54) is 0 Å². The van der Waals surface area contributed by atoms with E-state index in [-0.39, 0.29) is 6.04 Å². The summed E-state index contributed by atoms with van der Waals surface area (Å²) in [4.78, 5) is 6.32. The molecule has 1 aromatic heterocycles. The number of aromatic nitrogens is 1. The van der Waals surface area contributed by atoms with Gasteiger partial charge in [-0.25, -0.2) is 4.98 Å². The number of pyridine rings is 1. The fourth-order valence-electron chi connectivity index (χ4n) is 1.68. The molecule has 0 aliphatic carbocycles. The quantitative estimate of drug-likeness (QED) is 0.825. The fourth-order valence-corrected chi connectivity index (χ4v) is 1.68. The van der Waals surface area contributed by atoms with Crippen LogP contribution in [0.25, 0.3) is 0 Å². The Morgan fingerprint density at radius 3 is 2.67 bits per heavy atom. The molecule has 0 saturated carbocycles. The second kappa shape index (κ2) is 6.22. The Labute approximate surface area is 109 Å². The summed E-state index contributed by atoms with van der Waals surface area (Å²) >= 11 is 0. The Bertz CT molecular complexity index is 433. The van der Waals surface area contributed by atoms with Gasteiger partial charge in [-0.05, 0) is 26.1 Å². The first-order valence-corrected chi connectivity index (χ1v) is 6.01. The van der Waals surface area contributed by atoms with E-state index in [1.54, 1.807) is 12.3 Å². The van der Waals surface area contributed by atoms with Crippen molar-refractivity contribution in [1.29, 1.82) is 5.26 Å². The summed E-state index contributed by atoms with van der Waals surface area (Å²) in [5, 5.41) is 12.3. The van der Waals surface area contributed by atoms with E-state index in [1.807, 2.05) is 14.1 Å². The van der Waals surface area contributed by atoms with E-state index >= 15 is 0 Å². The Hall–Kier alpha value is -1.80. The summed E-state index contributed by atoms with van der Waals surface area (Å²) in [6.45, 7) is 5.17. The Kier molecular flexibility index (Phi) is 4.93. The van der Waals surface area contributed by atoms with Crippen molar-refractivity contribution in [2.45, 2.75) is 19.9 Å². The van der Waals surface area contributed by atoms with Gasteiger partial charge in [-0.3, -0.25) is 0 Å². The topological polar surface area (TPSA) is 78.0 Å². The normalized spacial score (nSPS) is 12.5. The van der Waals surface area contributed by atoms with Crippen LogP contribution in [0.1, 0.15) is 19.4 Å². The second-order valence-corrected chi connectivity index (χ2v) is 4.99. The van der Waals surface area contributed by atoms with Gasteiger partial charge < -0.3 is 16.0 Å². The van der Waals surface area contributed by atoms with Crippen molar-refractivity contribution in [3.8, 4) is 6.07 Å². The van der Waals surface area contributed by atoms with Crippen LogP contribution in [-0.4, -0.2) is 36.6 Å². The van der Waals surface area contributed by atoms with E-state index in [4.69, 9.17) is 11.0 Å². The zero-order valence-corrected chi connectivity index (χ0v) is 11.4. The van der Waals surface area contributed by atoms with Crippen LogP contribution < -0.4 is 11.1 Å². The average Bonchev–Trinajstić information content (AvgIpc) is 2.30. The van der Waals surface area contributed by atoms with Crippen molar-refractivity contribution in [2.75, 3.05) is 31.7 Å². The molecule has 0 spiro atoms. The van der Waals surface area contributed by atoms with Gasteiger partial charge in [0.1, 0.15) is 6.07 Å². The average molecular weight is 247 g/mol. The van der Waals surface area contributed by atoms with Crippen molar-refractivity contribution < 1.29 is 0 Å². The summed E-state index contributed by atoms with van der Waals surface area (Å²) in [7, 11) is 4.05. The molecule has 0 fully saturated rings. The lowest BCUT2D eigenvalue weighted by Crippen LogP contribution is -2.36.